The molecule has 6 heteroatoms. The van der Waals surface area contributed by atoms with Crippen LogP contribution in [0.1, 0.15) is 47.0 Å². The summed E-state index contributed by atoms with van der Waals surface area (Å²) in [6.07, 6.45) is 3.18. The summed E-state index contributed by atoms with van der Waals surface area (Å²) in [4.78, 5) is 0. The molecule has 0 saturated carbocycles. The second-order valence-corrected chi connectivity index (χ2v) is 7.52. The van der Waals surface area contributed by atoms with Gasteiger partial charge in [0.2, 0.25) is 0 Å². The lowest BCUT2D eigenvalue weighted by Gasteiger charge is -2.37. The molecule has 1 aliphatic heterocycles. The third kappa shape index (κ3) is 4.41. The summed E-state index contributed by atoms with van der Waals surface area (Å²) in [6, 6.07) is 0.379. The molecule has 0 aromatic heterocycles. The topological polar surface area (TPSA) is 52.7 Å². The van der Waals surface area contributed by atoms with Gasteiger partial charge in [-0.05, 0) is 38.6 Å². The van der Waals surface area contributed by atoms with Crippen LogP contribution in [-0.2, 0) is 10.2 Å². The zero-order chi connectivity index (χ0) is 15.2. The van der Waals surface area contributed by atoms with Gasteiger partial charge in [-0.2, -0.15) is 17.0 Å². The first-order valence-corrected chi connectivity index (χ1v) is 9.35. The molecule has 1 heterocycles. The fourth-order valence-corrected chi connectivity index (χ4v) is 4.56. The molecule has 1 rings (SSSR count). The SMILES string of the molecule is CCCNC(C)C1CCCN(S(=O)(=O)N(CC)CC)C1. The van der Waals surface area contributed by atoms with Crippen molar-refractivity contribution in [1.82, 2.24) is 13.9 Å². The standard InChI is InChI=1S/C14H31N3O2S/c1-5-10-15-13(4)14-9-8-11-17(12-14)20(18,19)16(6-2)7-3/h13-15H,5-12H2,1-4H3. The van der Waals surface area contributed by atoms with E-state index in [9.17, 15) is 8.42 Å². The van der Waals surface area contributed by atoms with Crippen LogP contribution in [-0.4, -0.2) is 55.8 Å². The molecule has 2 atom stereocenters. The summed E-state index contributed by atoms with van der Waals surface area (Å²) >= 11 is 0. The van der Waals surface area contributed by atoms with Gasteiger partial charge >= 0.3 is 0 Å². The molecular weight excluding hydrogens is 274 g/mol. The molecule has 0 aliphatic carbocycles. The molecule has 20 heavy (non-hydrogen) atoms. The van der Waals surface area contributed by atoms with Crippen LogP contribution >= 0.6 is 0 Å². The minimum Gasteiger partial charge on any atom is -0.314 e. The van der Waals surface area contributed by atoms with Crippen LogP contribution in [0.15, 0.2) is 0 Å². The van der Waals surface area contributed by atoms with Crippen LogP contribution in [0.5, 0.6) is 0 Å². The Morgan fingerprint density at radius 3 is 2.50 bits per heavy atom. The van der Waals surface area contributed by atoms with Crippen LogP contribution in [0.3, 0.4) is 0 Å². The van der Waals surface area contributed by atoms with Crippen molar-refractivity contribution in [1.29, 1.82) is 0 Å². The zero-order valence-corrected chi connectivity index (χ0v) is 14.2. The van der Waals surface area contributed by atoms with Crippen LogP contribution in [0.4, 0.5) is 0 Å². The van der Waals surface area contributed by atoms with Crippen LogP contribution < -0.4 is 5.32 Å². The highest BCUT2D eigenvalue weighted by molar-refractivity contribution is 7.86. The van der Waals surface area contributed by atoms with E-state index >= 15 is 0 Å². The van der Waals surface area contributed by atoms with Crippen LogP contribution in [0, 0.1) is 5.92 Å². The lowest BCUT2D eigenvalue weighted by molar-refractivity contribution is 0.213. The fourth-order valence-electron chi connectivity index (χ4n) is 2.84. The molecule has 1 aliphatic rings. The normalized spacial score (nSPS) is 23.1. The lowest BCUT2D eigenvalue weighted by Crippen LogP contribution is -2.51. The van der Waals surface area contributed by atoms with Gasteiger partial charge in [0.15, 0.2) is 0 Å². The monoisotopic (exact) mass is 305 g/mol. The summed E-state index contributed by atoms with van der Waals surface area (Å²) in [5.74, 6) is 0.417. The highest BCUT2D eigenvalue weighted by atomic mass is 32.2. The Labute approximate surface area is 124 Å². The van der Waals surface area contributed by atoms with Crippen molar-refractivity contribution in [2.75, 3.05) is 32.7 Å². The number of hydrogen-bond acceptors (Lipinski definition) is 3. The molecule has 5 nitrogen and oxygen atoms in total. The largest absolute Gasteiger partial charge is 0.314 e. The van der Waals surface area contributed by atoms with E-state index in [1.165, 1.54) is 0 Å². The zero-order valence-electron chi connectivity index (χ0n) is 13.4. The summed E-state index contributed by atoms with van der Waals surface area (Å²) in [5, 5.41) is 3.50. The molecule has 0 radical (unpaired) electrons. The predicted molar refractivity (Wildman–Crippen MR) is 83.9 cm³/mol. The van der Waals surface area contributed by atoms with E-state index in [1.54, 1.807) is 8.61 Å². The second-order valence-electron chi connectivity index (χ2n) is 5.60. The summed E-state index contributed by atoms with van der Waals surface area (Å²) in [7, 11) is -3.27. The maximum absolute atomic E-state index is 12.6. The van der Waals surface area contributed by atoms with Crippen molar-refractivity contribution in [2.24, 2.45) is 5.92 Å². The van der Waals surface area contributed by atoms with Gasteiger partial charge in [-0.25, -0.2) is 0 Å². The average Bonchev–Trinajstić information content (AvgIpc) is 2.46. The maximum atomic E-state index is 12.6. The second kappa shape index (κ2) is 8.32. The van der Waals surface area contributed by atoms with Crippen molar-refractivity contribution in [3.63, 3.8) is 0 Å². The van der Waals surface area contributed by atoms with E-state index < -0.39 is 10.2 Å². The molecule has 1 N–H and O–H groups in total. The maximum Gasteiger partial charge on any atom is 0.281 e. The van der Waals surface area contributed by atoms with Gasteiger partial charge in [0.1, 0.15) is 0 Å². The quantitative estimate of drug-likeness (QED) is 0.742. The van der Waals surface area contributed by atoms with E-state index in [4.69, 9.17) is 0 Å². The summed E-state index contributed by atoms with van der Waals surface area (Å²) in [6.45, 7) is 11.5. The first kappa shape index (κ1) is 17.9. The lowest BCUT2D eigenvalue weighted by atomic mass is 9.93. The van der Waals surface area contributed by atoms with E-state index in [2.05, 4.69) is 19.2 Å². The van der Waals surface area contributed by atoms with Gasteiger partial charge in [0, 0.05) is 32.2 Å². The van der Waals surface area contributed by atoms with Crippen molar-refractivity contribution >= 4 is 10.2 Å². The van der Waals surface area contributed by atoms with Crippen LogP contribution in [0.2, 0.25) is 0 Å². The number of rotatable bonds is 8. The van der Waals surface area contributed by atoms with Crippen molar-refractivity contribution in [3.8, 4) is 0 Å². The van der Waals surface area contributed by atoms with Gasteiger partial charge in [-0.15, -0.1) is 0 Å². The molecule has 2 unspecified atom stereocenters. The Bertz CT molecular complexity index is 369. The number of nitrogens with one attached hydrogen (secondary N) is 1. The number of hydrogen-bond donors (Lipinski definition) is 1. The Kier molecular flexibility index (Phi) is 7.43. The Morgan fingerprint density at radius 1 is 1.30 bits per heavy atom. The Morgan fingerprint density at radius 2 is 1.95 bits per heavy atom. The molecular formula is C14H31N3O2S. The highest BCUT2D eigenvalue weighted by Gasteiger charge is 2.33. The van der Waals surface area contributed by atoms with Gasteiger partial charge in [0.05, 0.1) is 0 Å². The minimum absolute atomic E-state index is 0.379. The molecule has 120 valence electrons. The van der Waals surface area contributed by atoms with E-state index in [0.717, 1.165) is 25.8 Å². The van der Waals surface area contributed by atoms with Gasteiger partial charge in [0.25, 0.3) is 10.2 Å². The first-order chi connectivity index (χ1) is 9.47. The molecule has 0 amide bonds. The minimum atomic E-state index is -3.27. The van der Waals surface area contributed by atoms with Gasteiger partial charge in [-0.1, -0.05) is 20.8 Å². The van der Waals surface area contributed by atoms with Gasteiger partial charge in [-0.3, -0.25) is 0 Å². The van der Waals surface area contributed by atoms with E-state index in [0.29, 0.717) is 38.1 Å². The third-order valence-corrected chi connectivity index (χ3v) is 6.36. The molecule has 0 spiro atoms. The van der Waals surface area contributed by atoms with Crippen molar-refractivity contribution < 1.29 is 8.42 Å². The smallest absolute Gasteiger partial charge is 0.281 e. The fraction of sp³-hybridized carbons (Fsp3) is 1.00. The van der Waals surface area contributed by atoms with Crippen molar-refractivity contribution in [2.45, 2.75) is 53.0 Å². The summed E-state index contributed by atoms with van der Waals surface area (Å²) < 4.78 is 28.4. The molecule has 0 aromatic carbocycles. The molecule has 1 saturated heterocycles. The molecule has 0 aromatic rings. The number of nitrogens with zero attached hydrogens (tertiary/aromatic N) is 2. The highest BCUT2D eigenvalue weighted by Crippen LogP contribution is 2.23. The molecule has 0 bridgehead atoms. The predicted octanol–water partition coefficient (Wildman–Crippen LogP) is 1.67. The van der Waals surface area contributed by atoms with E-state index in [-0.39, 0.29) is 0 Å². The number of piperidine rings is 1. The molecule has 1 fully saturated rings. The average molecular weight is 305 g/mol. The van der Waals surface area contributed by atoms with E-state index in [1.807, 2.05) is 13.8 Å². The van der Waals surface area contributed by atoms with Crippen molar-refractivity contribution in [3.05, 3.63) is 0 Å². The van der Waals surface area contributed by atoms with Gasteiger partial charge < -0.3 is 5.32 Å². The summed E-state index contributed by atoms with van der Waals surface area (Å²) in [5.41, 5.74) is 0. The first-order valence-electron chi connectivity index (χ1n) is 7.95. The third-order valence-electron chi connectivity index (χ3n) is 4.20. The Balaban J connectivity index is 2.68. The Hall–Kier alpha value is -0.170. The van der Waals surface area contributed by atoms with Crippen LogP contribution in [0.25, 0.3) is 0 Å².